The maximum absolute atomic E-state index is 11.7. The second-order valence-electron chi connectivity index (χ2n) is 4.60. The number of hydrogen-bond donors (Lipinski definition) is 2. The second-order valence-corrected chi connectivity index (χ2v) is 4.60. The van der Waals surface area contributed by atoms with E-state index in [0.717, 1.165) is 18.4 Å². The number of aromatic nitrogens is 1. The van der Waals surface area contributed by atoms with Gasteiger partial charge in [-0.1, -0.05) is 5.16 Å². The summed E-state index contributed by atoms with van der Waals surface area (Å²) in [6.45, 7) is 3.58. The maximum Gasteiger partial charge on any atom is 0.239 e. The van der Waals surface area contributed by atoms with Crippen molar-refractivity contribution < 1.29 is 14.1 Å². The van der Waals surface area contributed by atoms with Crippen LogP contribution in [0.2, 0.25) is 0 Å². The summed E-state index contributed by atoms with van der Waals surface area (Å²) in [5, 5.41) is 9.17. The minimum Gasteiger partial charge on any atom is -0.361 e. The molecule has 1 saturated carbocycles. The van der Waals surface area contributed by atoms with E-state index in [0.29, 0.717) is 17.5 Å². The van der Waals surface area contributed by atoms with Gasteiger partial charge in [-0.25, -0.2) is 0 Å². The van der Waals surface area contributed by atoms with Crippen LogP contribution in [0.3, 0.4) is 0 Å². The van der Waals surface area contributed by atoms with E-state index in [1.807, 2.05) is 0 Å². The highest BCUT2D eigenvalue weighted by Gasteiger charge is 2.23. The van der Waals surface area contributed by atoms with E-state index in [-0.39, 0.29) is 24.8 Å². The van der Waals surface area contributed by atoms with E-state index >= 15 is 0 Å². The van der Waals surface area contributed by atoms with Gasteiger partial charge in [0, 0.05) is 11.6 Å². The molecule has 0 spiro atoms. The van der Waals surface area contributed by atoms with Crippen LogP contribution in [-0.2, 0) is 16.0 Å². The number of amides is 2. The molecular weight excluding hydrogens is 234 g/mol. The van der Waals surface area contributed by atoms with Gasteiger partial charge in [0.1, 0.15) is 5.76 Å². The van der Waals surface area contributed by atoms with Crippen LogP contribution in [0.1, 0.15) is 29.9 Å². The predicted octanol–water partition coefficient (Wildman–Crippen LogP) is 0.229. The Labute approximate surface area is 105 Å². The van der Waals surface area contributed by atoms with Crippen molar-refractivity contribution >= 4 is 11.8 Å². The zero-order valence-corrected chi connectivity index (χ0v) is 10.6. The van der Waals surface area contributed by atoms with Crippen LogP contribution in [0.4, 0.5) is 0 Å². The molecule has 2 N–H and O–H groups in total. The Kier molecular flexibility index (Phi) is 3.64. The highest BCUT2D eigenvalue weighted by Crippen LogP contribution is 2.18. The van der Waals surface area contributed by atoms with Gasteiger partial charge in [0.25, 0.3) is 0 Å². The van der Waals surface area contributed by atoms with Gasteiger partial charge in [0.05, 0.1) is 18.7 Å². The molecule has 1 aromatic heterocycles. The average molecular weight is 251 g/mol. The molecule has 0 unspecified atom stereocenters. The molecule has 1 aliphatic rings. The third-order valence-electron chi connectivity index (χ3n) is 2.91. The molecular formula is C12H17N3O3. The van der Waals surface area contributed by atoms with Crippen LogP contribution < -0.4 is 10.6 Å². The molecule has 1 heterocycles. The molecule has 98 valence electrons. The van der Waals surface area contributed by atoms with Crippen molar-refractivity contribution in [3.05, 3.63) is 17.0 Å². The Hall–Kier alpha value is -1.85. The minimum absolute atomic E-state index is 0.0265. The van der Waals surface area contributed by atoms with Crippen molar-refractivity contribution in [2.24, 2.45) is 0 Å². The van der Waals surface area contributed by atoms with Gasteiger partial charge in [-0.15, -0.1) is 0 Å². The van der Waals surface area contributed by atoms with Gasteiger partial charge in [-0.05, 0) is 26.7 Å². The lowest BCUT2D eigenvalue weighted by Crippen LogP contribution is -2.38. The minimum atomic E-state index is -0.199. The quantitative estimate of drug-likeness (QED) is 0.784. The van der Waals surface area contributed by atoms with E-state index in [1.54, 1.807) is 13.8 Å². The van der Waals surface area contributed by atoms with Gasteiger partial charge in [-0.3, -0.25) is 9.59 Å². The fourth-order valence-corrected chi connectivity index (χ4v) is 1.66. The summed E-state index contributed by atoms with van der Waals surface area (Å²) < 4.78 is 4.97. The van der Waals surface area contributed by atoms with E-state index in [4.69, 9.17) is 4.52 Å². The number of carbonyl (C=O) groups is 2. The smallest absolute Gasteiger partial charge is 0.239 e. The molecule has 0 aliphatic heterocycles. The lowest BCUT2D eigenvalue weighted by molar-refractivity contribution is -0.125. The predicted molar refractivity (Wildman–Crippen MR) is 63.9 cm³/mol. The van der Waals surface area contributed by atoms with Crippen molar-refractivity contribution in [3.8, 4) is 0 Å². The van der Waals surface area contributed by atoms with Crippen LogP contribution >= 0.6 is 0 Å². The van der Waals surface area contributed by atoms with Gasteiger partial charge in [0.15, 0.2) is 0 Å². The number of hydrogen-bond acceptors (Lipinski definition) is 4. The summed E-state index contributed by atoms with van der Waals surface area (Å²) in [7, 11) is 0. The largest absolute Gasteiger partial charge is 0.361 e. The summed E-state index contributed by atoms with van der Waals surface area (Å²) in [4.78, 5) is 23.0. The summed E-state index contributed by atoms with van der Waals surface area (Å²) in [6.07, 6.45) is 2.27. The van der Waals surface area contributed by atoms with Crippen molar-refractivity contribution in [3.63, 3.8) is 0 Å². The van der Waals surface area contributed by atoms with Crippen LogP contribution in [0.25, 0.3) is 0 Å². The van der Waals surface area contributed by atoms with Crippen molar-refractivity contribution in [1.29, 1.82) is 0 Å². The van der Waals surface area contributed by atoms with E-state index in [1.165, 1.54) is 0 Å². The van der Waals surface area contributed by atoms with Gasteiger partial charge in [0.2, 0.25) is 11.8 Å². The molecule has 0 saturated heterocycles. The highest BCUT2D eigenvalue weighted by atomic mass is 16.5. The Morgan fingerprint density at radius 3 is 2.61 bits per heavy atom. The highest BCUT2D eigenvalue weighted by molar-refractivity contribution is 5.86. The first-order valence-corrected chi connectivity index (χ1v) is 6.04. The Morgan fingerprint density at radius 2 is 2.06 bits per heavy atom. The van der Waals surface area contributed by atoms with Crippen molar-refractivity contribution in [1.82, 2.24) is 15.8 Å². The van der Waals surface area contributed by atoms with Crippen LogP contribution in [0.15, 0.2) is 4.52 Å². The molecule has 1 aromatic rings. The SMILES string of the molecule is Cc1noc(C)c1CC(=O)NCC(=O)NC1CC1. The summed E-state index contributed by atoms with van der Waals surface area (Å²) in [5.41, 5.74) is 1.50. The molecule has 1 aliphatic carbocycles. The molecule has 0 aromatic carbocycles. The number of carbonyl (C=O) groups excluding carboxylic acids is 2. The molecule has 2 rings (SSSR count). The molecule has 0 atom stereocenters. The third-order valence-corrected chi connectivity index (χ3v) is 2.91. The normalized spacial score (nSPS) is 14.3. The van der Waals surface area contributed by atoms with Gasteiger partial charge >= 0.3 is 0 Å². The average Bonchev–Trinajstić information content (AvgIpc) is 3.08. The molecule has 18 heavy (non-hydrogen) atoms. The first-order chi connectivity index (χ1) is 8.56. The Morgan fingerprint density at radius 1 is 1.33 bits per heavy atom. The number of aryl methyl sites for hydroxylation is 2. The van der Waals surface area contributed by atoms with Crippen LogP contribution in [-0.4, -0.2) is 29.6 Å². The maximum atomic E-state index is 11.7. The molecule has 6 nitrogen and oxygen atoms in total. The summed E-state index contributed by atoms with van der Waals surface area (Å²) >= 11 is 0. The topological polar surface area (TPSA) is 84.2 Å². The fourth-order valence-electron chi connectivity index (χ4n) is 1.66. The standard InChI is InChI=1S/C12H17N3O3/c1-7-10(8(2)18-15-7)5-11(16)13-6-12(17)14-9-3-4-9/h9H,3-6H2,1-2H3,(H,13,16)(H,14,17). The molecule has 1 fully saturated rings. The molecule has 0 radical (unpaired) electrons. The summed E-state index contributed by atoms with van der Waals surface area (Å²) in [5.74, 6) is 0.310. The number of nitrogens with one attached hydrogen (secondary N) is 2. The molecule has 2 amide bonds. The van der Waals surface area contributed by atoms with Crippen LogP contribution in [0, 0.1) is 13.8 Å². The zero-order valence-electron chi connectivity index (χ0n) is 10.6. The van der Waals surface area contributed by atoms with Gasteiger partial charge < -0.3 is 15.2 Å². The van der Waals surface area contributed by atoms with E-state index in [2.05, 4.69) is 15.8 Å². The molecule has 0 bridgehead atoms. The number of nitrogens with zero attached hydrogens (tertiary/aromatic N) is 1. The first kappa shape index (κ1) is 12.6. The monoisotopic (exact) mass is 251 g/mol. The molecule has 6 heteroatoms. The third kappa shape index (κ3) is 3.32. The van der Waals surface area contributed by atoms with Crippen molar-refractivity contribution in [2.45, 2.75) is 39.2 Å². The fraction of sp³-hybridized carbons (Fsp3) is 0.583. The first-order valence-electron chi connectivity index (χ1n) is 6.04. The zero-order chi connectivity index (χ0) is 13.1. The second kappa shape index (κ2) is 5.20. The Bertz CT molecular complexity index is 444. The van der Waals surface area contributed by atoms with Crippen LogP contribution in [0.5, 0.6) is 0 Å². The summed E-state index contributed by atoms with van der Waals surface area (Å²) in [6, 6.07) is 0.317. The Balaban J connectivity index is 1.76. The van der Waals surface area contributed by atoms with E-state index < -0.39 is 0 Å². The number of rotatable bonds is 5. The lowest BCUT2D eigenvalue weighted by Gasteiger charge is -2.05. The van der Waals surface area contributed by atoms with E-state index in [9.17, 15) is 9.59 Å². The lowest BCUT2D eigenvalue weighted by atomic mass is 10.1. The van der Waals surface area contributed by atoms with Gasteiger partial charge in [-0.2, -0.15) is 0 Å². The van der Waals surface area contributed by atoms with Crippen molar-refractivity contribution in [2.75, 3.05) is 6.54 Å².